The highest BCUT2D eigenvalue weighted by Crippen LogP contribution is 2.66. The molecule has 4 aliphatic carbocycles. The van der Waals surface area contributed by atoms with Crippen molar-refractivity contribution in [3.63, 3.8) is 0 Å². The first-order chi connectivity index (χ1) is 12.3. The van der Waals surface area contributed by atoms with Crippen molar-refractivity contribution in [3.8, 4) is 0 Å². The molecule has 4 fully saturated rings. The SMILES string of the molecule is CC12CC3CC(C)(C1)CC(NC(=O)c1n[nH]c4ccccc4c1=O)(C3)C2. The van der Waals surface area contributed by atoms with Gasteiger partial charge in [0.15, 0.2) is 5.69 Å². The summed E-state index contributed by atoms with van der Waals surface area (Å²) in [6.07, 6.45) is 6.87. The number of amides is 1. The number of para-hydroxylation sites is 1. The minimum absolute atomic E-state index is 0.0187. The average molecular weight is 351 g/mol. The average Bonchev–Trinajstić information content (AvgIpc) is 2.51. The van der Waals surface area contributed by atoms with E-state index in [1.54, 1.807) is 18.2 Å². The number of benzene rings is 1. The predicted molar refractivity (Wildman–Crippen MR) is 100.0 cm³/mol. The van der Waals surface area contributed by atoms with Crippen LogP contribution in [0.2, 0.25) is 0 Å². The molecule has 0 aliphatic heterocycles. The molecule has 1 heterocycles. The Bertz CT molecular complexity index is 961. The van der Waals surface area contributed by atoms with Crippen molar-refractivity contribution in [2.45, 2.75) is 57.9 Å². The van der Waals surface area contributed by atoms with Crippen molar-refractivity contribution < 1.29 is 4.79 Å². The second-order valence-electron chi connectivity index (χ2n) is 9.81. The van der Waals surface area contributed by atoms with E-state index in [1.165, 1.54) is 19.3 Å². The van der Waals surface area contributed by atoms with Gasteiger partial charge in [-0.15, -0.1) is 0 Å². The molecule has 5 heteroatoms. The summed E-state index contributed by atoms with van der Waals surface area (Å²) in [5.74, 6) is 0.357. The van der Waals surface area contributed by atoms with Gasteiger partial charge in [0.2, 0.25) is 5.43 Å². The van der Waals surface area contributed by atoms with Crippen LogP contribution in [0.5, 0.6) is 0 Å². The standard InChI is InChI=1S/C21H25N3O2/c1-19-7-13-8-20(2,10-19)12-21(9-13,11-19)22-18(26)16-17(25)14-5-3-4-6-15(14)23-24-16/h3-6,13H,7-12H2,1-2H3,(H,22,26)(H,23,25). The van der Waals surface area contributed by atoms with E-state index >= 15 is 0 Å². The van der Waals surface area contributed by atoms with Crippen molar-refractivity contribution in [3.05, 3.63) is 40.2 Å². The van der Waals surface area contributed by atoms with Crippen LogP contribution < -0.4 is 10.7 Å². The number of hydrogen-bond acceptors (Lipinski definition) is 3. The van der Waals surface area contributed by atoms with Crippen LogP contribution in [0.15, 0.2) is 29.1 Å². The number of carbonyl (C=O) groups excluding carboxylic acids is 1. The third kappa shape index (κ3) is 2.32. The summed E-state index contributed by atoms with van der Waals surface area (Å²) in [5, 5.41) is 10.7. The first-order valence-electron chi connectivity index (χ1n) is 9.59. The molecule has 1 amide bonds. The Morgan fingerprint density at radius 2 is 1.81 bits per heavy atom. The highest BCUT2D eigenvalue weighted by Gasteiger charge is 2.60. The Kier molecular flexibility index (Phi) is 3.06. The van der Waals surface area contributed by atoms with E-state index in [0.717, 1.165) is 19.3 Å². The highest BCUT2D eigenvalue weighted by atomic mass is 16.2. The lowest BCUT2D eigenvalue weighted by Crippen LogP contribution is -2.65. The number of aromatic amines is 1. The first-order valence-corrected chi connectivity index (χ1v) is 9.59. The van der Waals surface area contributed by atoms with E-state index in [-0.39, 0.29) is 22.6 Å². The number of H-pyrrole nitrogens is 1. The fraction of sp³-hybridized carbons (Fsp3) is 0.571. The lowest BCUT2D eigenvalue weighted by Gasteiger charge is -2.65. The molecule has 1 aromatic heterocycles. The lowest BCUT2D eigenvalue weighted by molar-refractivity contribution is -0.114. The van der Waals surface area contributed by atoms with Gasteiger partial charge in [-0.25, -0.2) is 0 Å². The van der Waals surface area contributed by atoms with E-state index in [9.17, 15) is 9.59 Å². The Morgan fingerprint density at radius 1 is 1.12 bits per heavy atom. The van der Waals surface area contributed by atoms with Gasteiger partial charge >= 0.3 is 0 Å². The second kappa shape index (κ2) is 4.96. The number of rotatable bonds is 2. The van der Waals surface area contributed by atoms with Crippen LogP contribution in [0.3, 0.4) is 0 Å². The molecule has 1 aromatic carbocycles. The summed E-state index contributed by atoms with van der Waals surface area (Å²) < 4.78 is 0. The fourth-order valence-corrected chi connectivity index (χ4v) is 7.11. The van der Waals surface area contributed by atoms with Gasteiger partial charge in [0.05, 0.1) is 5.52 Å². The zero-order chi connectivity index (χ0) is 18.2. The van der Waals surface area contributed by atoms with Gasteiger partial charge in [0.25, 0.3) is 5.91 Å². The predicted octanol–water partition coefficient (Wildman–Crippen LogP) is 3.40. The smallest absolute Gasteiger partial charge is 0.276 e. The third-order valence-electron chi connectivity index (χ3n) is 6.89. The van der Waals surface area contributed by atoms with Gasteiger partial charge in [0, 0.05) is 10.9 Å². The minimum atomic E-state index is -0.328. The quantitative estimate of drug-likeness (QED) is 0.871. The number of hydrogen-bond donors (Lipinski definition) is 2. The van der Waals surface area contributed by atoms with Gasteiger partial charge in [-0.2, -0.15) is 5.10 Å². The summed E-state index contributed by atoms with van der Waals surface area (Å²) in [4.78, 5) is 25.7. The summed E-state index contributed by atoms with van der Waals surface area (Å²) in [5.41, 5.74) is 0.785. The lowest BCUT2D eigenvalue weighted by atomic mass is 9.43. The Hall–Kier alpha value is -2.17. The highest BCUT2D eigenvalue weighted by molar-refractivity contribution is 5.95. The first kappa shape index (κ1) is 16.0. The van der Waals surface area contributed by atoms with Crippen LogP contribution in [0.4, 0.5) is 0 Å². The Labute approximate surface area is 152 Å². The topological polar surface area (TPSA) is 74.8 Å². The van der Waals surface area contributed by atoms with E-state index in [2.05, 4.69) is 29.4 Å². The Morgan fingerprint density at radius 3 is 2.50 bits per heavy atom. The monoisotopic (exact) mass is 351 g/mol. The van der Waals surface area contributed by atoms with Gasteiger partial charge in [-0.1, -0.05) is 26.0 Å². The molecule has 6 rings (SSSR count). The number of carbonyl (C=O) groups is 1. The maximum absolute atomic E-state index is 13.0. The molecule has 2 atom stereocenters. The zero-order valence-corrected chi connectivity index (χ0v) is 15.4. The van der Waals surface area contributed by atoms with E-state index in [4.69, 9.17) is 0 Å². The molecule has 136 valence electrons. The molecule has 4 saturated carbocycles. The molecule has 0 saturated heterocycles. The van der Waals surface area contributed by atoms with Crippen molar-refractivity contribution in [1.82, 2.24) is 15.5 Å². The van der Waals surface area contributed by atoms with E-state index in [1.807, 2.05) is 6.07 Å². The number of nitrogens with zero attached hydrogens (tertiary/aromatic N) is 1. The van der Waals surface area contributed by atoms with Crippen molar-refractivity contribution in [2.75, 3.05) is 0 Å². The largest absolute Gasteiger partial charge is 0.345 e. The number of aromatic nitrogens is 2. The molecule has 0 radical (unpaired) electrons. The number of fused-ring (bicyclic) bond motifs is 1. The normalized spacial score (nSPS) is 37.8. The van der Waals surface area contributed by atoms with Gasteiger partial charge in [0.1, 0.15) is 0 Å². The molecule has 4 aliphatic rings. The molecule has 5 nitrogen and oxygen atoms in total. The van der Waals surface area contributed by atoms with E-state index < -0.39 is 0 Å². The number of nitrogens with one attached hydrogen (secondary N) is 2. The molecule has 26 heavy (non-hydrogen) atoms. The van der Waals surface area contributed by atoms with Gasteiger partial charge in [-0.3, -0.25) is 14.7 Å². The summed E-state index contributed by atoms with van der Waals surface area (Å²) in [7, 11) is 0. The van der Waals surface area contributed by atoms with Crippen molar-refractivity contribution in [2.24, 2.45) is 16.7 Å². The minimum Gasteiger partial charge on any atom is -0.345 e. The van der Waals surface area contributed by atoms with Crippen LogP contribution in [0.25, 0.3) is 10.9 Å². The van der Waals surface area contributed by atoms with Crippen LogP contribution in [-0.4, -0.2) is 21.6 Å². The van der Waals surface area contributed by atoms with Gasteiger partial charge < -0.3 is 5.32 Å². The fourth-order valence-electron chi connectivity index (χ4n) is 7.11. The molecular weight excluding hydrogens is 326 g/mol. The molecule has 4 bridgehead atoms. The summed E-state index contributed by atoms with van der Waals surface area (Å²) in [6, 6.07) is 7.18. The summed E-state index contributed by atoms with van der Waals surface area (Å²) in [6.45, 7) is 4.75. The molecule has 2 N–H and O–H groups in total. The molecular formula is C21H25N3O2. The van der Waals surface area contributed by atoms with Crippen LogP contribution in [0.1, 0.15) is 62.9 Å². The second-order valence-corrected chi connectivity index (χ2v) is 9.81. The molecule has 2 unspecified atom stereocenters. The van der Waals surface area contributed by atoms with Crippen LogP contribution >= 0.6 is 0 Å². The molecule has 0 spiro atoms. The maximum Gasteiger partial charge on any atom is 0.276 e. The third-order valence-corrected chi connectivity index (χ3v) is 6.89. The maximum atomic E-state index is 13.0. The van der Waals surface area contributed by atoms with Gasteiger partial charge in [-0.05, 0) is 67.4 Å². The Balaban J connectivity index is 1.50. The van der Waals surface area contributed by atoms with Crippen molar-refractivity contribution in [1.29, 1.82) is 0 Å². The van der Waals surface area contributed by atoms with Crippen molar-refractivity contribution >= 4 is 16.8 Å². The summed E-state index contributed by atoms with van der Waals surface area (Å²) >= 11 is 0. The molecule has 2 aromatic rings. The van der Waals surface area contributed by atoms with E-state index in [0.29, 0.717) is 27.7 Å². The zero-order valence-electron chi connectivity index (χ0n) is 15.4. The van der Waals surface area contributed by atoms with Crippen LogP contribution in [0, 0.1) is 16.7 Å². The van der Waals surface area contributed by atoms with Crippen LogP contribution in [-0.2, 0) is 0 Å².